The highest BCUT2D eigenvalue weighted by molar-refractivity contribution is 5.82. The fourth-order valence-electron chi connectivity index (χ4n) is 4.74. The Bertz CT molecular complexity index is 1160. The van der Waals surface area contributed by atoms with Crippen LogP contribution in [0.3, 0.4) is 0 Å². The summed E-state index contributed by atoms with van der Waals surface area (Å²) in [5.41, 5.74) is 5.64. The van der Waals surface area contributed by atoms with Crippen LogP contribution in [-0.4, -0.2) is 68.1 Å². The summed E-state index contributed by atoms with van der Waals surface area (Å²) >= 11 is 0. The smallest absolute Gasteiger partial charge is 0.227 e. The van der Waals surface area contributed by atoms with Crippen LogP contribution in [0, 0.1) is 0 Å². The highest BCUT2D eigenvalue weighted by Gasteiger charge is 2.31. The number of nitrogens with one attached hydrogen (secondary N) is 1. The molecular formula is C31H37N3O3. The number of hydrogen-bond donors (Lipinski definition) is 1. The van der Waals surface area contributed by atoms with Crippen LogP contribution in [0.25, 0.3) is 11.1 Å². The summed E-state index contributed by atoms with van der Waals surface area (Å²) in [5.74, 6) is 0.0874. The van der Waals surface area contributed by atoms with Crippen molar-refractivity contribution >= 4 is 11.8 Å². The highest BCUT2D eigenvalue weighted by atomic mass is 16.5. The minimum atomic E-state index is -0.161. The molecule has 1 aliphatic heterocycles. The molecule has 0 radical (unpaired) electrons. The van der Waals surface area contributed by atoms with Crippen molar-refractivity contribution in [2.45, 2.75) is 31.8 Å². The van der Waals surface area contributed by atoms with E-state index in [2.05, 4.69) is 41.7 Å². The third kappa shape index (κ3) is 7.28. The zero-order valence-corrected chi connectivity index (χ0v) is 21.9. The van der Waals surface area contributed by atoms with Gasteiger partial charge >= 0.3 is 0 Å². The number of benzene rings is 3. The van der Waals surface area contributed by atoms with Gasteiger partial charge in [-0.05, 0) is 41.3 Å². The van der Waals surface area contributed by atoms with Crippen LogP contribution in [0.1, 0.15) is 23.1 Å². The van der Waals surface area contributed by atoms with Gasteiger partial charge in [0.15, 0.2) is 0 Å². The number of carbonyl (C=O) groups excluding carboxylic acids is 2. The van der Waals surface area contributed by atoms with E-state index in [-0.39, 0.29) is 17.9 Å². The SMILES string of the molecule is CNCCOCCN(C)C(=O)CC1Cc2ccccc2CN1C(=O)Cc1ccc(-c2ccccc2)cc1. The monoisotopic (exact) mass is 499 g/mol. The van der Waals surface area contributed by atoms with Gasteiger partial charge in [0, 0.05) is 39.1 Å². The molecule has 0 aromatic heterocycles. The molecule has 3 aromatic rings. The van der Waals surface area contributed by atoms with Gasteiger partial charge in [0.1, 0.15) is 0 Å². The Morgan fingerprint density at radius 1 is 0.919 bits per heavy atom. The fourth-order valence-corrected chi connectivity index (χ4v) is 4.74. The van der Waals surface area contributed by atoms with E-state index in [4.69, 9.17) is 4.74 Å². The van der Waals surface area contributed by atoms with Crippen LogP contribution in [0.2, 0.25) is 0 Å². The molecule has 0 saturated carbocycles. The molecule has 2 amide bonds. The second-order valence-electron chi connectivity index (χ2n) is 9.62. The number of carbonyl (C=O) groups is 2. The van der Waals surface area contributed by atoms with Crippen LogP contribution in [0.15, 0.2) is 78.9 Å². The fraction of sp³-hybridized carbons (Fsp3) is 0.355. The zero-order chi connectivity index (χ0) is 26.0. The number of ether oxygens (including phenoxy) is 1. The molecule has 1 unspecified atom stereocenters. The van der Waals surface area contributed by atoms with E-state index >= 15 is 0 Å². The summed E-state index contributed by atoms with van der Waals surface area (Å²) in [5, 5.41) is 3.04. The number of amides is 2. The van der Waals surface area contributed by atoms with Crippen LogP contribution in [0.4, 0.5) is 0 Å². The number of rotatable bonds is 11. The topological polar surface area (TPSA) is 61.9 Å². The van der Waals surface area contributed by atoms with Gasteiger partial charge in [-0.25, -0.2) is 0 Å². The normalized spacial score (nSPS) is 14.8. The van der Waals surface area contributed by atoms with E-state index in [1.807, 2.05) is 54.4 Å². The molecule has 6 heteroatoms. The minimum Gasteiger partial charge on any atom is -0.378 e. The first kappa shape index (κ1) is 26.6. The summed E-state index contributed by atoms with van der Waals surface area (Å²) in [6.07, 6.45) is 1.31. The summed E-state index contributed by atoms with van der Waals surface area (Å²) in [6.45, 7) is 2.97. The molecule has 1 N–H and O–H groups in total. The predicted octanol–water partition coefficient (Wildman–Crippen LogP) is 3.93. The summed E-state index contributed by atoms with van der Waals surface area (Å²) in [6, 6.07) is 26.5. The van der Waals surface area contributed by atoms with E-state index in [9.17, 15) is 9.59 Å². The lowest BCUT2D eigenvalue weighted by molar-refractivity contribution is -0.137. The number of fused-ring (bicyclic) bond motifs is 1. The number of nitrogens with zero attached hydrogens (tertiary/aromatic N) is 2. The molecule has 0 spiro atoms. The molecule has 1 atom stereocenters. The lowest BCUT2D eigenvalue weighted by Crippen LogP contribution is -2.47. The van der Waals surface area contributed by atoms with Gasteiger partial charge in [-0.2, -0.15) is 0 Å². The molecule has 1 aliphatic rings. The Labute approximate surface area is 220 Å². The van der Waals surface area contributed by atoms with Crippen molar-refractivity contribution in [1.29, 1.82) is 0 Å². The van der Waals surface area contributed by atoms with Gasteiger partial charge in [-0.1, -0.05) is 78.9 Å². The van der Waals surface area contributed by atoms with Crippen molar-refractivity contribution in [3.63, 3.8) is 0 Å². The van der Waals surface area contributed by atoms with E-state index < -0.39 is 0 Å². The van der Waals surface area contributed by atoms with Crippen molar-refractivity contribution in [3.05, 3.63) is 95.6 Å². The maximum absolute atomic E-state index is 13.5. The molecule has 194 valence electrons. The highest BCUT2D eigenvalue weighted by Crippen LogP contribution is 2.27. The van der Waals surface area contributed by atoms with Gasteiger partial charge in [0.25, 0.3) is 0 Å². The Hall–Kier alpha value is -3.48. The second-order valence-corrected chi connectivity index (χ2v) is 9.62. The van der Waals surface area contributed by atoms with Crippen molar-refractivity contribution in [3.8, 4) is 11.1 Å². The lowest BCUT2D eigenvalue weighted by Gasteiger charge is -2.37. The van der Waals surface area contributed by atoms with Crippen LogP contribution >= 0.6 is 0 Å². The third-order valence-electron chi connectivity index (χ3n) is 7.00. The molecular weight excluding hydrogens is 462 g/mol. The average Bonchev–Trinajstić information content (AvgIpc) is 2.93. The Balaban J connectivity index is 1.42. The summed E-state index contributed by atoms with van der Waals surface area (Å²) in [7, 11) is 3.69. The van der Waals surface area contributed by atoms with Gasteiger partial charge in [-0.3, -0.25) is 9.59 Å². The molecule has 4 rings (SSSR count). The number of likely N-dealkylation sites (N-methyl/N-ethyl adjacent to an activating group) is 2. The first-order chi connectivity index (χ1) is 18.0. The summed E-state index contributed by atoms with van der Waals surface area (Å²) < 4.78 is 5.57. The first-order valence-electron chi connectivity index (χ1n) is 13.0. The number of hydrogen-bond acceptors (Lipinski definition) is 4. The Kier molecular flexibility index (Phi) is 9.46. The van der Waals surface area contributed by atoms with E-state index in [0.29, 0.717) is 45.6 Å². The van der Waals surface area contributed by atoms with Gasteiger partial charge in [-0.15, -0.1) is 0 Å². The summed E-state index contributed by atoms with van der Waals surface area (Å²) in [4.78, 5) is 30.2. The molecule has 37 heavy (non-hydrogen) atoms. The van der Waals surface area contributed by atoms with Crippen LogP contribution < -0.4 is 5.32 Å². The maximum atomic E-state index is 13.5. The van der Waals surface area contributed by atoms with Crippen molar-refractivity contribution in [2.24, 2.45) is 0 Å². The average molecular weight is 500 g/mol. The third-order valence-corrected chi connectivity index (χ3v) is 7.00. The molecule has 0 saturated heterocycles. The standard InChI is InChI=1S/C31H37N3O3/c1-32-16-18-37-19-17-33(2)30(35)22-29-21-27-10-6-7-11-28(27)23-34(29)31(36)20-24-12-14-26(15-13-24)25-8-4-3-5-9-25/h3-15,29,32H,16-23H2,1-2H3. The van der Waals surface area contributed by atoms with Gasteiger partial charge in [0.05, 0.1) is 19.6 Å². The van der Waals surface area contributed by atoms with E-state index in [0.717, 1.165) is 28.8 Å². The van der Waals surface area contributed by atoms with Crippen molar-refractivity contribution in [2.75, 3.05) is 40.4 Å². The second kappa shape index (κ2) is 13.2. The molecule has 1 heterocycles. The largest absolute Gasteiger partial charge is 0.378 e. The molecule has 0 fully saturated rings. The Morgan fingerprint density at radius 2 is 1.59 bits per heavy atom. The Morgan fingerprint density at radius 3 is 2.32 bits per heavy atom. The van der Waals surface area contributed by atoms with Crippen molar-refractivity contribution in [1.82, 2.24) is 15.1 Å². The first-order valence-corrected chi connectivity index (χ1v) is 13.0. The van der Waals surface area contributed by atoms with Crippen LogP contribution in [-0.2, 0) is 33.7 Å². The molecule has 0 aliphatic carbocycles. The van der Waals surface area contributed by atoms with E-state index in [1.54, 1.807) is 11.9 Å². The van der Waals surface area contributed by atoms with Gasteiger partial charge in [0.2, 0.25) is 11.8 Å². The quantitative estimate of drug-likeness (QED) is 0.406. The molecule has 0 bridgehead atoms. The van der Waals surface area contributed by atoms with Gasteiger partial charge < -0.3 is 19.9 Å². The molecule has 3 aromatic carbocycles. The zero-order valence-electron chi connectivity index (χ0n) is 21.9. The van der Waals surface area contributed by atoms with E-state index in [1.165, 1.54) is 5.56 Å². The maximum Gasteiger partial charge on any atom is 0.227 e. The van der Waals surface area contributed by atoms with Crippen LogP contribution in [0.5, 0.6) is 0 Å². The molecule has 6 nitrogen and oxygen atoms in total. The van der Waals surface area contributed by atoms with Crippen molar-refractivity contribution < 1.29 is 14.3 Å². The predicted molar refractivity (Wildman–Crippen MR) is 147 cm³/mol. The lowest BCUT2D eigenvalue weighted by atomic mass is 9.91. The minimum absolute atomic E-state index is 0.0339.